The molecular formula is C33H52O5. The minimum absolute atomic E-state index is 0.0548. The number of carbonyl (C=O) groups excluding carboxylic acids is 2. The molecule has 0 bridgehead atoms. The van der Waals surface area contributed by atoms with E-state index in [9.17, 15) is 19.5 Å². The maximum atomic E-state index is 13.6. The molecule has 0 radical (unpaired) electrons. The Balaban J connectivity index is 1.67. The van der Waals surface area contributed by atoms with Gasteiger partial charge in [-0.2, -0.15) is 0 Å². The van der Waals surface area contributed by atoms with E-state index in [-0.39, 0.29) is 51.4 Å². The molecule has 0 aliphatic heterocycles. The number of hydrogen-bond donors (Lipinski definition) is 1. The number of hydrogen-bond acceptors (Lipinski definition) is 4. The van der Waals surface area contributed by atoms with Gasteiger partial charge in [0.15, 0.2) is 5.78 Å². The fourth-order valence-electron chi connectivity index (χ4n) is 9.50. The van der Waals surface area contributed by atoms with Crippen molar-refractivity contribution in [2.45, 2.75) is 126 Å². The average Bonchev–Trinajstić information content (AvgIpc) is 2.82. The molecule has 0 aromatic carbocycles. The third-order valence-corrected chi connectivity index (χ3v) is 13.0. The molecule has 0 spiro atoms. The smallest absolute Gasteiger partial charge is 0.309 e. The van der Waals surface area contributed by atoms with Gasteiger partial charge >= 0.3 is 11.9 Å². The highest BCUT2D eigenvalue weighted by atomic mass is 16.5. The predicted octanol–water partition coefficient (Wildman–Crippen LogP) is 7.62. The molecule has 0 saturated heterocycles. The third-order valence-electron chi connectivity index (χ3n) is 13.0. The maximum absolute atomic E-state index is 13.6. The molecule has 5 nitrogen and oxygen atoms in total. The Bertz CT molecular complexity index is 1030. The van der Waals surface area contributed by atoms with E-state index in [1.807, 2.05) is 13.0 Å². The SMILES string of the molecule is CC(=O)O[C@H]1CC[C@@H](C)[C@@H](CC[C@]2(C)[C@@H](C)C(=O)C=C3[C@@H]4C[C@@](C)(C(=O)O)CC[C@]4(C)CC[C@]32C)C1(C)C. The lowest BCUT2D eigenvalue weighted by molar-refractivity contribution is -0.163. The van der Waals surface area contributed by atoms with Crippen LogP contribution in [0.25, 0.3) is 0 Å². The quantitative estimate of drug-likeness (QED) is 0.371. The van der Waals surface area contributed by atoms with Gasteiger partial charge in [0.1, 0.15) is 6.10 Å². The average molecular weight is 529 g/mol. The number of carbonyl (C=O) groups is 3. The molecule has 0 aromatic rings. The largest absolute Gasteiger partial charge is 0.481 e. The van der Waals surface area contributed by atoms with Crippen LogP contribution in [-0.2, 0) is 19.1 Å². The van der Waals surface area contributed by atoms with E-state index in [2.05, 4.69) is 48.5 Å². The summed E-state index contributed by atoms with van der Waals surface area (Å²) >= 11 is 0. The Morgan fingerprint density at radius 2 is 1.63 bits per heavy atom. The van der Waals surface area contributed by atoms with Crippen LogP contribution in [0.2, 0.25) is 0 Å². The normalized spacial score (nSPS) is 46.4. The van der Waals surface area contributed by atoms with E-state index in [1.165, 1.54) is 12.5 Å². The summed E-state index contributed by atoms with van der Waals surface area (Å²) in [4.78, 5) is 37.8. The molecule has 0 heterocycles. The molecule has 5 heteroatoms. The molecule has 4 rings (SSSR count). The highest BCUT2D eigenvalue weighted by molar-refractivity contribution is 5.94. The number of fused-ring (bicyclic) bond motifs is 3. The van der Waals surface area contributed by atoms with E-state index in [0.717, 1.165) is 44.9 Å². The van der Waals surface area contributed by atoms with Crippen LogP contribution in [0.1, 0.15) is 120 Å². The van der Waals surface area contributed by atoms with Crippen LogP contribution in [0.15, 0.2) is 11.6 Å². The standard InChI is InChI=1S/C33H52O5/c1-20-10-11-27(38-22(3)34)29(4,5)23(20)12-13-32(8)21(2)26(35)18-24-25-19-31(7,28(36)37)15-14-30(25,6)16-17-33(24,32)9/h18,20-21,23,25,27H,10-17,19H2,1-9H3,(H,36,37)/t20-,21+,23-,25+,27+,30-,31+,32-,33-/m1/s1. The van der Waals surface area contributed by atoms with Gasteiger partial charge in [0, 0.05) is 18.3 Å². The second-order valence-corrected chi connectivity index (χ2v) is 15.4. The van der Waals surface area contributed by atoms with Gasteiger partial charge in [0.25, 0.3) is 0 Å². The van der Waals surface area contributed by atoms with Crippen LogP contribution in [0.3, 0.4) is 0 Å². The van der Waals surface area contributed by atoms with E-state index in [1.54, 1.807) is 0 Å². The van der Waals surface area contributed by atoms with Gasteiger partial charge < -0.3 is 9.84 Å². The lowest BCUT2D eigenvalue weighted by Crippen LogP contribution is -2.57. The third kappa shape index (κ3) is 4.38. The molecule has 3 fully saturated rings. The van der Waals surface area contributed by atoms with Crippen molar-refractivity contribution in [3.05, 3.63) is 11.6 Å². The summed E-state index contributed by atoms with van der Waals surface area (Å²) in [5.74, 6) is 0.274. The van der Waals surface area contributed by atoms with Gasteiger partial charge in [-0.1, -0.05) is 54.0 Å². The highest BCUT2D eigenvalue weighted by Crippen LogP contribution is 2.69. The fraction of sp³-hybridized carbons (Fsp3) is 0.848. The van der Waals surface area contributed by atoms with Crippen molar-refractivity contribution in [1.29, 1.82) is 0 Å². The van der Waals surface area contributed by atoms with Gasteiger partial charge in [-0.25, -0.2) is 0 Å². The second-order valence-electron chi connectivity index (χ2n) is 15.4. The van der Waals surface area contributed by atoms with E-state index in [4.69, 9.17) is 4.74 Å². The first-order chi connectivity index (χ1) is 17.4. The van der Waals surface area contributed by atoms with Crippen LogP contribution in [0, 0.1) is 50.7 Å². The van der Waals surface area contributed by atoms with Crippen LogP contribution in [0.5, 0.6) is 0 Å². The Kier molecular flexibility index (Phi) is 7.31. The van der Waals surface area contributed by atoms with Crippen molar-refractivity contribution in [2.75, 3.05) is 0 Å². The molecule has 0 unspecified atom stereocenters. The molecule has 0 amide bonds. The molecule has 1 N–H and O–H groups in total. The fourth-order valence-corrected chi connectivity index (χ4v) is 9.50. The van der Waals surface area contributed by atoms with Crippen molar-refractivity contribution >= 4 is 17.7 Å². The number of carboxylic acid groups (broad SMARTS) is 1. The van der Waals surface area contributed by atoms with Crippen molar-refractivity contribution in [3.63, 3.8) is 0 Å². The summed E-state index contributed by atoms with van der Waals surface area (Å²) in [7, 11) is 0. The van der Waals surface area contributed by atoms with Gasteiger partial charge in [0.2, 0.25) is 0 Å². The maximum Gasteiger partial charge on any atom is 0.309 e. The van der Waals surface area contributed by atoms with E-state index < -0.39 is 11.4 Å². The number of ketones is 1. The minimum Gasteiger partial charge on any atom is -0.481 e. The molecule has 0 aromatic heterocycles. The summed E-state index contributed by atoms with van der Waals surface area (Å²) in [6.45, 7) is 19.4. The summed E-state index contributed by atoms with van der Waals surface area (Å²) in [5.41, 5.74) is 0.0739. The van der Waals surface area contributed by atoms with Crippen LogP contribution in [0.4, 0.5) is 0 Å². The van der Waals surface area contributed by atoms with Crippen molar-refractivity contribution < 1.29 is 24.2 Å². The van der Waals surface area contributed by atoms with Gasteiger partial charge in [-0.15, -0.1) is 0 Å². The first kappa shape index (κ1) is 29.3. The predicted molar refractivity (Wildman–Crippen MR) is 149 cm³/mol. The lowest BCUT2D eigenvalue weighted by Gasteiger charge is -2.63. The van der Waals surface area contributed by atoms with Crippen LogP contribution < -0.4 is 0 Å². The Hall–Kier alpha value is -1.65. The molecule has 214 valence electrons. The number of rotatable bonds is 5. The zero-order valence-corrected chi connectivity index (χ0v) is 25.4. The first-order valence-electron chi connectivity index (χ1n) is 15.1. The topological polar surface area (TPSA) is 80.7 Å². The zero-order valence-electron chi connectivity index (χ0n) is 25.4. The monoisotopic (exact) mass is 528 g/mol. The van der Waals surface area contributed by atoms with Crippen LogP contribution >= 0.6 is 0 Å². The van der Waals surface area contributed by atoms with E-state index >= 15 is 0 Å². The Morgan fingerprint density at radius 3 is 2.24 bits per heavy atom. The summed E-state index contributed by atoms with van der Waals surface area (Å²) in [6, 6.07) is 0. The van der Waals surface area contributed by atoms with Gasteiger partial charge in [-0.05, 0) is 105 Å². The number of allylic oxidation sites excluding steroid dienone is 2. The van der Waals surface area contributed by atoms with Crippen molar-refractivity contribution in [2.24, 2.45) is 50.7 Å². The van der Waals surface area contributed by atoms with Crippen molar-refractivity contribution in [3.8, 4) is 0 Å². The first-order valence-corrected chi connectivity index (χ1v) is 15.1. The van der Waals surface area contributed by atoms with Gasteiger partial charge in [0.05, 0.1) is 5.41 Å². The number of aliphatic carboxylic acids is 1. The second kappa shape index (κ2) is 9.47. The summed E-state index contributed by atoms with van der Waals surface area (Å²) < 4.78 is 5.80. The molecular weight excluding hydrogens is 476 g/mol. The van der Waals surface area contributed by atoms with Gasteiger partial charge in [-0.3, -0.25) is 14.4 Å². The Labute approximate surface area is 230 Å². The lowest BCUT2D eigenvalue weighted by atomic mass is 9.40. The highest BCUT2D eigenvalue weighted by Gasteiger charge is 2.62. The number of esters is 1. The molecule has 38 heavy (non-hydrogen) atoms. The molecule has 4 aliphatic rings. The summed E-state index contributed by atoms with van der Waals surface area (Å²) in [5, 5.41) is 10.1. The number of ether oxygens (including phenoxy) is 1. The van der Waals surface area contributed by atoms with Crippen LogP contribution in [-0.4, -0.2) is 28.9 Å². The molecule has 4 aliphatic carbocycles. The van der Waals surface area contributed by atoms with E-state index in [0.29, 0.717) is 24.7 Å². The molecule has 9 atom stereocenters. The number of carboxylic acids is 1. The molecule has 3 saturated carbocycles. The zero-order chi connectivity index (χ0) is 28.5. The van der Waals surface area contributed by atoms with Crippen molar-refractivity contribution in [1.82, 2.24) is 0 Å². The summed E-state index contributed by atoms with van der Waals surface area (Å²) in [6.07, 6.45) is 10.1. The Morgan fingerprint density at radius 1 is 1.00 bits per heavy atom. The minimum atomic E-state index is -0.737.